The van der Waals surface area contributed by atoms with Gasteiger partial charge in [-0.25, -0.2) is 4.79 Å². The maximum absolute atomic E-state index is 12.7. The lowest BCUT2D eigenvalue weighted by molar-refractivity contribution is 0.0474. The van der Waals surface area contributed by atoms with Gasteiger partial charge in [0.1, 0.15) is 0 Å². The maximum Gasteiger partial charge on any atom is 0.338 e. The molecule has 1 aromatic heterocycles. The Kier molecular flexibility index (Phi) is 7.15. The number of rotatable bonds is 9. The van der Waals surface area contributed by atoms with Crippen molar-refractivity contribution in [3.05, 3.63) is 46.8 Å². The maximum atomic E-state index is 12.7. The average molecular weight is 415 g/mol. The van der Waals surface area contributed by atoms with Crippen LogP contribution < -0.4 is 9.47 Å². The summed E-state index contributed by atoms with van der Waals surface area (Å²) in [5.74, 6) is 0.174. The Morgan fingerprint density at radius 1 is 1.20 bits per heavy atom. The van der Waals surface area contributed by atoms with E-state index in [1.165, 1.54) is 7.11 Å². The summed E-state index contributed by atoms with van der Waals surface area (Å²) in [5, 5.41) is 0. The first kappa shape index (κ1) is 21.9. The minimum Gasteiger partial charge on any atom is -0.493 e. The Bertz CT molecular complexity index is 911. The summed E-state index contributed by atoms with van der Waals surface area (Å²) in [6, 6.07) is 6.64. The highest BCUT2D eigenvalue weighted by Crippen LogP contribution is 2.28. The molecule has 1 saturated heterocycles. The van der Waals surface area contributed by atoms with Crippen molar-refractivity contribution in [2.24, 2.45) is 0 Å². The molecular weight excluding hydrogens is 386 g/mol. The van der Waals surface area contributed by atoms with E-state index < -0.39 is 5.97 Å². The molecule has 0 radical (unpaired) electrons. The van der Waals surface area contributed by atoms with Gasteiger partial charge in [-0.1, -0.05) is 0 Å². The number of nitrogens with zero attached hydrogens (tertiary/aromatic N) is 1. The van der Waals surface area contributed by atoms with Gasteiger partial charge in [0.2, 0.25) is 5.78 Å². The number of carbonyl (C=O) groups excluding carboxylic acids is 2. The Morgan fingerprint density at radius 3 is 2.67 bits per heavy atom. The molecule has 30 heavy (non-hydrogen) atoms. The van der Waals surface area contributed by atoms with Gasteiger partial charge in [0.15, 0.2) is 18.1 Å². The van der Waals surface area contributed by atoms with Crippen molar-refractivity contribution >= 4 is 11.8 Å². The Balaban J connectivity index is 1.64. The Hall–Kier alpha value is -2.80. The SMILES string of the molecule is CCOc1ccc(C(=O)OCC(=O)c2cc(C)n(C[C@@H]3CCCO3)c2C)cc1OC. The normalized spacial score (nSPS) is 15.8. The van der Waals surface area contributed by atoms with E-state index >= 15 is 0 Å². The summed E-state index contributed by atoms with van der Waals surface area (Å²) in [6.07, 6.45) is 2.29. The number of methoxy groups -OCH3 is 1. The molecule has 1 aliphatic heterocycles. The molecule has 0 bridgehead atoms. The van der Waals surface area contributed by atoms with Crippen LogP contribution in [0.4, 0.5) is 0 Å². The largest absolute Gasteiger partial charge is 0.493 e. The van der Waals surface area contributed by atoms with Crippen LogP contribution >= 0.6 is 0 Å². The number of benzene rings is 1. The van der Waals surface area contributed by atoms with E-state index in [2.05, 4.69) is 4.57 Å². The summed E-state index contributed by atoms with van der Waals surface area (Å²) in [5.41, 5.74) is 2.73. The lowest BCUT2D eigenvalue weighted by atomic mass is 10.1. The van der Waals surface area contributed by atoms with E-state index in [1.54, 1.807) is 18.2 Å². The van der Waals surface area contributed by atoms with Crippen LogP contribution in [0.5, 0.6) is 11.5 Å². The second-order valence-corrected chi connectivity index (χ2v) is 7.33. The van der Waals surface area contributed by atoms with E-state index in [1.807, 2.05) is 26.8 Å². The van der Waals surface area contributed by atoms with Gasteiger partial charge < -0.3 is 23.5 Å². The van der Waals surface area contributed by atoms with Gasteiger partial charge >= 0.3 is 5.97 Å². The van der Waals surface area contributed by atoms with E-state index in [0.717, 1.165) is 37.4 Å². The number of hydrogen-bond acceptors (Lipinski definition) is 6. The smallest absolute Gasteiger partial charge is 0.338 e. The topological polar surface area (TPSA) is 76.0 Å². The first-order valence-corrected chi connectivity index (χ1v) is 10.2. The highest BCUT2D eigenvalue weighted by molar-refractivity contribution is 6.00. The monoisotopic (exact) mass is 415 g/mol. The molecule has 3 rings (SSSR count). The molecule has 0 aliphatic carbocycles. The van der Waals surface area contributed by atoms with E-state index in [-0.39, 0.29) is 18.5 Å². The van der Waals surface area contributed by atoms with E-state index in [0.29, 0.717) is 29.2 Å². The summed E-state index contributed by atoms with van der Waals surface area (Å²) < 4.78 is 23.8. The standard InChI is InChI=1S/C23H29NO6/c1-5-28-21-9-8-17(12-22(21)27-4)23(26)30-14-20(25)19-11-15(2)24(16(19)3)13-18-7-6-10-29-18/h8-9,11-12,18H,5-7,10,13-14H2,1-4H3/t18-/m0/s1. The van der Waals surface area contributed by atoms with Gasteiger partial charge in [0.25, 0.3) is 0 Å². The number of carbonyl (C=O) groups is 2. The minimum absolute atomic E-state index is 0.185. The highest BCUT2D eigenvalue weighted by atomic mass is 16.5. The van der Waals surface area contributed by atoms with Gasteiger partial charge in [0.05, 0.1) is 25.4 Å². The van der Waals surface area contributed by atoms with Crippen molar-refractivity contribution in [3.63, 3.8) is 0 Å². The van der Waals surface area contributed by atoms with E-state index in [9.17, 15) is 9.59 Å². The summed E-state index contributed by atoms with van der Waals surface area (Å²) in [7, 11) is 1.50. The van der Waals surface area contributed by atoms with Gasteiger partial charge in [0, 0.05) is 30.1 Å². The Morgan fingerprint density at radius 2 is 2.00 bits per heavy atom. The fourth-order valence-electron chi connectivity index (χ4n) is 3.72. The molecule has 1 fully saturated rings. The van der Waals surface area contributed by atoms with Crippen molar-refractivity contribution in [1.82, 2.24) is 4.57 Å². The van der Waals surface area contributed by atoms with Crippen LogP contribution in [0.1, 0.15) is 51.9 Å². The second-order valence-electron chi connectivity index (χ2n) is 7.33. The second kappa shape index (κ2) is 9.80. The van der Waals surface area contributed by atoms with Crippen molar-refractivity contribution < 1.29 is 28.5 Å². The Labute approximate surface area is 176 Å². The molecule has 1 aromatic carbocycles. The summed E-state index contributed by atoms with van der Waals surface area (Å²) in [6.45, 7) is 7.44. The van der Waals surface area contributed by atoms with Crippen LogP contribution in [0.3, 0.4) is 0 Å². The van der Waals surface area contributed by atoms with Gasteiger partial charge in [-0.2, -0.15) is 0 Å². The van der Waals surface area contributed by atoms with Gasteiger partial charge in [-0.15, -0.1) is 0 Å². The van der Waals surface area contributed by atoms with E-state index in [4.69, 9.17) is 18.9 Å². The van der Waals surface area contributed by atoms with Crippen LogP contribution in [0.25, 0.3) is 0 Å². The molecule has 0 amide bonds. The fourth-order valence-corrected chi connectivity index (χ4v) is 3.72. The average Bonchev–Trinajstić information content (AvgIpc) is 3.36. The molecule has 0 N–H and O–H groups in total. The predicted octanol–water partition coefficient (Wildman–Crippen LogP) is 3.73. The van der Waals surface area contributed by atoms with Crippen molar-refractivity contribution in [2.45, 2.75) is 46.3 Å². The first-order valence-electron chi connectivity index (χ1n) is 10.2. The number of aromatic nitrogens is 1. The third kappa shape index (κ3) is 4.84. The predicted molar refractivity (Wildman–Crippen MR) is 112 cm³/mol. The molecule has 0 spiro atoms. The first-order chi connectivity index (χ1) is 14.4. The molecule has 2 aromatic rings. The van der Waals surface area contributed by atoms with Crippen LogP contribution in [0, 0.1) is 13.8 Å². The number of esters is 1. The van der Waals surface area contributed by atoms with Gasteiger partial charge in [-0.3, -0.25) is 4.79 Å². The molecule has 1 atom stereocenters. The zero-order valence-corrected chi connectivity index (χ0v) is 18.0. The summed E-state index contributed by atoms with van der Waals surface area (Å²) >= 11 is 0. The lowest BCUT2D eigenvalue weighted by Crippen LogP contribution is -2.18. The van der Waals surface area contributed by atoms with Crippen LogP contribution in [-0.4, -0.2) is 49.4 Å². The zero-order valence-electron chi connectivity index (χ0n) is 18.0. The zero-order chi connectivity index (χ0) is 21.7. The molecule has 0 saturated carbocycles. The molecule has 7 nitrogen and oxygen atoms in total. The number of aryl methyl sites for hydroxylation is 1. The van der Waals surface area contributed by atoms with Gasteiger partial charge in [-0.05, 0) is 57.9 Å². The van der Waals surface area contributed by atoms with Crippen LogP contribution in [0.2, 0.25) is 0 Å². The van der Waals surface area contributed by atoms with Crippen molar-refractivity contribution in [2.75, 3.05) is 26.9 Å². The molecular formula is C23H29NO6. The number of hydrogen-bond donors (Lipinski definition) is 0. The molecule has 2 heterocycles. The highest BCUT2D eigenvalue weighted by Gasteiger charge is 2.22. The third-order valence-electron chi connectivity index (χ3n) is 5.32. The molecule has 162 valence electrons. The molecule has 1 aliphatic rings. The number of Topliss-reactive ketones (excluding diaryl/α,β-unsaturated/α-hetero) is 1. The minimum atomic E-state index is -0.585. The molecule has 7 heteroatoms. The third-order valence-corrected chi connectivity index (χ3v) is 5.32. The number of ketones is 1. The van der Waals surface area contributed by atoms with Crippen molar-refractivity contribution in [1.29, 1.82) is 0 Å². The molecule has 0 unspecified atom stereocenters. The fraction of sp³-hybridized carbons (Fsp3) is 0.478. The number of ether oxygens (including phenoxy) is 4. The lowest BCUT2D eigenvalue weighted by Gasteiger charge is -2.14. The van der Waals surface area contributed by atoms with Crippen LogP contribution in [0.15, 0.2) is 24.3 Å². The van der Waals surface area contributed by atoms with Crippen molar-refractivity contribution in [3.8, 4) is 11.5 Å². The quantitative estimate of drug-likeness (QED) is 0.459. The van der Waals surface area contributed by atoms with Crippen LogP contribution in [-0.2, 0) is 16.0 Å². The summed E-state index contributed by atoms with van der Waals surface area (Å²) in [4.78, 5) is 25.1.